The monoisotopic (exact) mass is 227 g/mol. The highest BCUT2D eigenvalue weighted by atomic mass is 16.6. The van der Waals surface area contributed by atoms with E-state index in [9.17, 15) is 9.59 Å². The Morgan fingerprint density at radius 3 is 2.50 bits per heavy atom. The molecule has 0 bridgehead atoms. The summed E-state index contributed by atoms with van der Waals surface area (Å²) in [4.78, 5) is 23.0. The van der Waals surface area contributed by atoms with Crippen LogP contribution in [0.15, 0.2) is 12.5 Å². The number of carbonyl (C=O) groups excluding carboxylic acids is 2. The molecule has 0 fully saturated rings. The quantitative estimate of drug-likeness (QED) is 0.227. The summed E-state index contributed by atoms with van der Waals surface area (Å²) in [5.41, 5.74) is 0. The first-order valence-electron chi connectivity index (χ1n) is 4.42. The fourth-order valence-electron chi connectivity index (χ4n) is 0.713. The van der Waals surface area contributed by atoms with Gasteiger partial charge >= 0.3 is 12.1 Å². The zero-order valence-electron chi connectivity index (χ0n) is 9.13. The topological polar surface area (TPSA) is 65.1 Å². The smallest absolute Gasteiger partial charge is 0.416 e. The molecule has 0 unspecified atom stereocenters. The van der Waals surface area contributed by atoms with E-state index in [0.29, 0.717) is 6.54 Å². The number of amides is 1. The van der Waals surface area contributed by atoms with Gasteiger partial charge in [0.15, 0.2) is 0 Å². The standard InChI is InChI=1S/C10H13NO5/c1-4-9(12)15-6-7-16-10(13)11(5-2)8-14-3/h1,6-7H,5,8H2,2-3H3/b7-6+. The lowest BCUT2D eigenvalue weighted by Gasteiger charge is -2.17. The van der Waals surface area contributed by atoms with Crippen molar-refractivity contribution < 1.29 is 23.8 Å². The minimum Gasteiger partial charge on any atom is -0.422 e. The number of hydrogen-bond acceptors (Lipinski definition) is 5. The van der Waals surface area contributed by atoms with Gasteiger partial charge in [0.05, 0.1) is 0 Å². The molecular weight excluding hydrogens is 214 g/mol. The van der Waals surface area contributed by atoms with E-state index in [0.717, 1.165) is 12.5 Å². The molecule has 0 saturated heterocycles. The average molecular weight is 227 g/mol. The van der Waals surface area contributed by atoms with Crippen molar-refractivity contribution in [2.24, 2.45) is 0 Å². The first-order valence-corrected chi connectivity index (χ1v) is 4.42. The number of esters is 1. The number of rotatable bonds is 5. The van der Waals surface area contributed by atoms with E-state index < -0.39 is 12.1 Å². The fraction of sp³-hybridized carbons (Fsp3) is 0.400. The lowest BCUT2D eigenvalue weighted by atomic mass is 10.6. The van der Waals surface area contributed by atoms with Crippen molar-refractivity contribution in [3.05, 3.63) is 12.5 Å². The predicted molar refractivity (Wildman–Crippen MR) is 54.8 cm³/mol. The second-order valence-electron chi connectivity index (χ2n) is 2.48. The first kappa shape index (κ1) is 14.0. The van der Waals surface area contributed by atoms with Gasteiger partial charge in [-0.3, -0.25) is 4.90 Å². The Morgan fingerprint density at radius 2 is 2.00 bits per heavy atom. The van der Waals surface area contributed by atoms with Crippen molar-refractivity contribution in [1.82, 2.24) is 4.90 Å². The first-order chi connectivity index (χ1) is 7.65. The molecule has 0 aliphatic carbocycles. The summed E-state index contributed by atoms with van der Waals surface area (Å²) in [6.45, 7) is 2.32. The van der Waals surface area contributed by atoms with Crippen LogP contribution in [-0.2, 0) is 19.0 Å². The predicted octanol–water partition coefficient (Wildman–Crippen LogP) is 0.696. The van der Waals surface area contributed by atoms with Crippen LogP contribution in [0.2, 0.25) is 0 Å². The molecular formula is C10H13NO5. The van der Waals surface area contributed by atoms with Crippen LogP contribution >= 0.6 is 0 Å². The summed E-state index contributed by atoms with van der Waals surface area (Å²) in [6.07, 6.45) is 5.93. The lowest BCUT2D eigenvalue weighted by Crippen LogP contribution is -2.32. The molecule has 0 aromatic carbocycles. The van der Waals surface area contributed by atoms with Crippen LogP contribution in [0.5, 0.6) is 0 Å². The van der Waals surface area contributed by atoms with Crippen LogP contribution in [0.3, 0.4) is 0 Å². The van der Waals surface area contributed by atoms with Crippen molar-refractivity contribution in [2.45, 2.75) is 6.92 Å². The van der Waals surface area contributed by atoms with E-state index >= 15 is 0 Å². The summed E-state index contributed by atoms with van der Waals surface area (Å²) in [5, 5.41) is 0. The summed E-state index contributed by atoms with van der Waals surface area (Å²) in [7, 11) is 1.46. The maximum Gasteiger partial charge on any atom is 0.416 e. The third-order valence-electron chi connectivity index (χ3n) is 1.44. The molecule has 0 saturated carbocycles. The van der Waals surface area contributed by atoms with Gasteiger partial charge in [0.2, 0.25) is 0 Å². The Labute approximate surface area is 93.8 Å². The minimum absolute atomic E-state index is 0.118. The van der Waals surface area contributed by atoms with Crippen molar-refractivity contribution in [3.63, 3.8) is 0 Å². The molecule has 0 heterocycles. The molecule has 0 spiro atoms. The normalized spacial score (nSPS) is 9.56. The highest BCUT2D eigenvalue weighted by molar-refractivity contribution is 5.88. The number of nitrogens with zero attached hydrogens (tertiary/aromatic N) is 1. The molecule has 0 N–H and O–H groups in total. The zero-order valence-corrected chi connectivity index (χ0v) is 9.13. The SMILES string of the molecule is C#CC(=O)O/C=C/OC(=O)N(CC)COC. The second-order valence-corrected chi connectivity index (χ2v) is 2.48. The third kappa shape index (κ3) is 5.67. The van der Waals surface area contributed by atoms with Gasteiger partial charge in [-0.1, -0.05) is 0 Å². The van der Waals surface area contributed by atoms with E-state index in [1.54, 1.807) is 12.8 Å². The van der Waals surface area contributed by atoms with E-state index in [2.05, 4.69) is 9.47 Å². The Bertz CT molecular complexity index is 305. The molecule has 0 aromatic rings. The van der Waals surface area contributed by atoms with E-state index in [1.807, 2.05) is 0 Å². The van der Waals surface area contributed by atoms with Crippen LogP contribution in [0, 0.1) is 12.3 Å². The molecule has 0 aromatic heterocycles. The molecule has 0 aliphatic heterocycles. The summed E-state index contributed by atoms with van der Waals surface area (Å²) in [6, 6.07) is 0. The Kier molecular flexibility index (Phi) is 7.28. The lowest BCUT2D eigenvalue weighted by molar-refractivity contribution is -0.131. The Morgan fingerprint density at radius 1 is 1.38 bits per heavy atom. The molecule has 0 aliphatic rings. The molecule has 0 radical (unpaired) electrons. The molecule has 0 atom stereocenters. The molecule has 6 nitrogen and oxygen atoms in total. The molecule has 16 heavy (non-hydrogen) atoms. The van der Waals surface area contributed by atoms with Gasteiger partial charge in [0.1, 0.15) is 19.3 Å². The fourth-order valence-corrected chi connectivity index (χ4v) is 0.713. The number of terminal acetylenes is 1. The van der Waals surface area contributed by atoms with Crippen molar-refractivity contribution in [3.8, 4) is 12.3 Å². The zero-order chi connectivity index (χ0) is 12.4. The Hall–Kier alpha value is -2.00. The molecule has 88 valence electrons. The number of methoxy groups -OCH3 is 1. The number of ether oxygens (including phenoxy) is 3. The summed E-state index contributed by atoms with van der Waals surface area (Å²) in [5.74, 6) is 0.860. The highest BCUT2D eigenvalue weighted by Crippen LogP contribution is 1.94. The summed E-state index contributed by atoms with van der Waals surface area (Å²) >= 11 is 0. The molecule has 1 amide bonds. The van der Waals surface area contributed by atoms with Gasteiger partial charge in [0.25, 0.3) is 0 Å². The maximum absolute atomic E-state index is 11.3. The highest BCUT2D eigenvalue weighted by Gasteiger charge is 2.10. The van der Waals surface area contributed by atoms with E-state index in [-0.39, 0.29) is 6.73 Å². The maximum atomic E-state index is 11.3. The van der Waals surface area contributed by atoms with Gasteiger partial charge in [-0.15, -0.1) is 6.42 Å². The number of hydrogen-bond donors (Lipinski definition) is 0. The van der Waals surface area contributed by atoms with E-state index in [4.69, 9.17) is 11.2 Å². The minimum atomic E-state index is -0.864. The largest absolute Gasteiger partial charge is 0.422 e. The van der Waals surface area contributed by atoms with Gasteiger partial charge in [-0.2, -0.15) is 0 Å². The van der Waals surface area contributed by atoms with Gasteiger partial charge in [0, 0.05) is 19.6 Å². The second kappa shape index (κ2) is 8.32. The average Bonchev–Trinajstić information content (AvgIpc) is 2.30. The summed E-state index contributed by atoms with van der Waals surface area (Å²) < 4.78 is 13.7. The van der Waals surface area contributed by atoms with Crippen LogP contribution in [-0.4, -0.2) is 37.3 Å². The van der Waals surface area contributed by atoms with Crippen LogP contribution in [0.4, 0.5) is 4.79 Å². The third-order valence-corrected chi connectivity index (χ3v) is 1.44. The van der Waals surface area contributed by atoms with Crippen LogP contribution < -0.4 is 0 Å². The molecule has 0 rings (SSSR count). The van der Waals surface area contributed by atoms with Gasteiger partial charge in [-0.05, 0) is 6.92 Å². The van der Waals surface area contributed by atoms with Crippen LogP contribution in [0.25, 0.3) is 0 Å². The van der Waals surface area contributed by atoms with Crippen molar-refractivity contribution in [2.75, 3.05) is 20.4 Å². The van der Waals surface area contributed by atoms with Gasteiger partial charge < -0.3 is 14.2 Å². The van der Waals surface area contributed by atoms with Crippen LogP contribution in [0.1, 0.15) is 6.92 Å². The number of carbonyl (C=O) groups is 2. The van der Waals surface area contributed by atoms with E-state index in [1.165, 1.54) is 12.0 Å². The van der Waals surface area contributed by atoms with Crippen molar-refractivity contribution >= 4 is 12.1 Å². The van der Waals surface area contributed by atoms with Gasteiger partial charge in [-0.25, -0.2) is 9.59 Å². The Balaban J connectivity index is 3.96. The molecule has 6 heteroatoms. The van der Waals surface area contributed by atoms with Crippen molar-refractivity contribution in [1.29, 1.82) is 0 Å².